The maximum Gasteiger partial charge on any atom is 0.210 e. The Morgan fingerprint density at radius 2 is 2.33 bits per heavy atom. The Balaban J connectivity index is 2.88. The van der Waals surface area contributed by atoms with E-state index in [2.05, 4.69) is 15.7 Å². The summed E-state index contributed by atoms with van der Waals surface area (Å²) < 4.78 is 13.4. The molecule has 0 spiro atoms. The van der Waals surface area contributed by atoms with E-state index in [1.54, 1.807) is 12.1 Å². The summed E-state index contributed by atoms with van der Waals surface area (Å²) in [5.74, 6) is 4.96. The lowest BCUT2D eigenvalue weighted by atomic mass is 10.3. The molecule has 6 heteroatoms. The summed E-state index contributed by atoms with van der Waals surface area (Å²) in [5.41, 5.74) is 2.56. The molecule has 0 fully saturated rings. The molecule has 0 unspecified atom stereocenters. The molecule has 0 aliphatic carbocycles. The molecule has 82 valence electrons. The first-order valence-corrected chi connectivity index (χ1v) is 4.79. The highest BCUT2D eigenvalue weighted by atomic mass is 35.5. The minimum Gasteiger partial charge on any atom is -0.323 e. The van der Waals surface area contributed by atoms with Gasteiger partial charge in [0.15, 0.2) is 5.82 Å². The van der Waals surface area contributed by atoms with E-state index in [9.17, 15) is 4.39 Å². The molecule has 0 saturated heterocycles. The number of guanidine groups is 1. The van der Waals surface area contributed by atoms with Crippen LogP contribution < -0.4 is 16.6 Å². The van der Waals surface area contributed by atoms with Gasteiger partial charge >= 0.3 is 0 Å². The molecule has 15 heavy (non-hydrogen) atoms. The van der Waals surface area contributed by atoms with Crippen molar-refractivity contribution in [3.8, 4) is 0 Å². The number of hydrazine groups is 1. The number of anilines is 1. The fraction of sp³-hybridized carbons (Fsp3) is 0.222. The first kappa shape index (κ1) is 11.7. The van der Waals surface area contributed by atoms with Crippen molar-refractivity contribution in [2.45, 2.75) is 6.92 Å². The van der Waals surface area contributed by atoms with Crippen molar-refractivity contribution in [3.63, 3.8) is 0 Å². The quantitative estimate of drug-likeness (QED) is 0.314. The highest BCUT2D eigenvalue weighted by molar-refractivity contribution is 6.31. The van der Waals surface area contributed by atoms with Gasteiger partial charge in [0, 0.05) is 6.54 Å². The van der Waals surface area contributed by atoms with Crippen LogP contribution in [0.15, 0.2) is 23.2 Å². The summed E-state index contributed by atoms with van der Waals surface area (Å²) in [4.78, 5) is 3.97. The van der Waals surface area contributed by atoms with Gasteiger partial charge in [-0.1, -0.05) is 17.7 Å². The number of aliphatic imine (C=N–C) groups is 1. The number of halogens is 2. The van der Waals surface area contributed by atoms with Crippen molar-refractivity contribution in [2.75, 3.05) is 11.9 Å². The minimum atomic E-state index is -0.529. The van der Waals surface area contributed by atoms with Crippen molar-refractivity contribution in [1.82, 2.24) is 5.43 Å². The predicted molar refractivity (Wildman–Crippen MR) is 60.3 cm³/mol. The molecule has 0 radical (unpaired) electrons. The monoisotopic (exact) mass is 230 g/mol. The predicted octanol–water partition coefficient (Wildman–Crippen LogP) is 1.73. The summed E-state index contributed by atoms with van der Waals surface area (Å²) in [6.45, 7) is 2.38. The Kier molecular flexibility index (Phi) is 4.33. The van der Waals surface area contributed by atoms with E-state index in [1.165, 1.54) is 6.07 Å². The highest BCUT2D eigenvalue weighted by Crippen LogP contribution is 2.21. The van der Waals surface area contributed by atoms with E-state index < -0.39 is 5.82 Å². The van der Waals surface area contributed by atoms with Gasteiger partial charge in [0.2, 0.25) is 5.96 Å². The van der Waals surface area contributed by atoms with Crippen LogP contribution >= 0.6 is 11.6 Å². The van der Waals surface area contributed by atoms with Crippen LogP contribution in [-0.4, -0.2) is 12.5 Å². The molecule has 0 heterocycles. The molecule has 1 aromatic carbocycles. The third-order valence-electron chi connectivity index (χ3n) is 1.66. The zero-order valence-corrected chi connectivity index (χ0v) is 8.98. The van der Waals surface area contributed by atoms with E-state index in [1.807, 2.05) is 6.92 Å². The molecule has 0 amide bonds. The van der Waals surface area contributed by atoms with Gasteiger partial charge in [0.05, 0.1) is 10.7 Å². The topological polar surface area (TPSA) is 62.4 Å². The standard InChI is InChI=1S/C9H12ClFN4/c1-2-13-9(15-12)14-7-5-3-4-6(10)8(7)11/h3-5H,2,12H2,1H3,(H2,13,14,15). The molecule has 0 aliphatic rings. The average molecular weight is 231 g/mol. The van der Waals surface area contributed by atoms with Crippen molar-refractivity contribution >= 4 is 23.2 Å². The van der Waals surface area contributed by atoms with Crippen LogP contribution in [0.2, 0.25) is 5.02 Å². The minimum absolute atomic E-state index is 0.0490. The van der Waals surface area contributed by atoms with E-state index in [0.717, 1.165) is 0 Å². The summed E-state index contributed by atoms with van der Waals surface area (Å²) >= 11 is 5.61. The number of nitrogens with one attached hydrogen (secondary N) is 2. The van der Waals surface area contributed by atoms with Gasteiger partial charge in [-0.15, -0.1) is 0 Å². The van der Waals surface area contributed by atoms with Gasteiger partial charge in [-0.2, -0.15) is 0 Å². The molecule has 0 saturated carbocycles. The number of hydrogen-bond donors (Lipinski definition) is 3. The molecule has 4 N–H and O–H groups in total. The van der Waals surface area contributed by atoms with E-state index >= 15 is 0 Å². The second kappa shape index (κ2) is 5.53. The average Bonchev–Trinajstić information content (AvgIpc) is 2.24. The van der Waals surface area contributed by atoms with Gasteiger partial charge in [0.1, 0.15) is 0 Å². The fourth-order valence-corrected chi connectivity index (χ4v) is 1.18. The summed E-state index contributed by atoms with van der Waals surface area (Å²) in [5, 5.41) is 2.74. The van der Waals surface area contributed by atoms with Crippen LogP contribution in [0.25, 0.3) is 0 Å². The molecule has 1 aromatic rings. The smallest absolute Gasteiger partial charge is 0.210 e. The number of nitrogens with two attached hydrogens (primary N) is 1. The van der Waals surface area contributed by atoms with E-state index in [0.29, 0.717) is 12.5 Å². The number of benzene rings is 1. The summed E-state index contributed by atoms with van der Waals surface area (Å²) in [6.07, 6.45) is 0. The molecule has 1 rings (SSSR count). The highest BCUT2D eigenvalue weighted by Gasteiger charge is 2.07. The first-order chi connectivity index (χ1) is 7.19. The SMILES string of the molecule is CCN=C(NN)Nc1cccc(Cl)c1F. The molecule has 0 aromatic heterocycles. The fourth-order valence-electron chi connectivity index (χ4n) is 1.01. The van der Waals surface area contributed by atoms with Crippen molar-refractivity contribution in [1.29, 1.82) is 0 Å². The molecule has 0 atom stereocenters. The molecule has 0 aliphatic heterocycles. The maximum atomic E-state index is 13.4. The third kappa shape index (κ3) is 3.07. The normalized spacial score (nSPS) is 11.3. The second-order valence-corrected chi connectivity index (χ2v) is 3.10. The van der Waals surface area contributed by atoms with Crippen LogP contribution in [0.4, 0.5) is 10.1 Å². The molecule has 4 nitrogen and oxygen atoms in total. The van der Waals surface area contributed by atoms with Crippen LogP contribution in [0.3, 0.4) is 0 Å². The van der Waals surface area contributed by atoms with Crippen molar-refractivity contribution in [2.24, 2.45) is 10.8 Å². The van der Waals surface area contributed by atoms with Crippen LogP contribution in [0.5, 0.6) is 0 Å². The van der Waals surface area contributed by atoms with Crippen LogP contribution in [0, 0.1) is 5.82 Å². The van der Waals surface area contributed by atoms with Gasteiger partial charge in [-0.25, -0.2) is 10.2 Å². The molecular formula is C9H12ClFN4. The number of nitrogens with zero attached hydrogens (tertiary/aromatic N) is 1. The number of rotatable bonds is 2. The zero-order valence-electron chi connectivity index (χ0n) is 8.22. The number of hydrogen-bond acceptors (Lipinski definition) is 2. The largest absolute Gasteiger partial charge is 0.323 e. The van der Waals surface area contributed by atoms with Crippen LogP contribution in [-0.2, 0) is 0 Å². The summed E-state index contributed by atoms with van der Waals surface area (Å²) in [7, 11) is 0. The third-order valence-corrected chi connectivity index (χ3v) is 1.95. The second-order valence-electron chi connectivity index (χ2n) is 2.69. The van der Waals surface area contributed by atoms with Crippen molar-refractivity contribution in [3.05, 3.63) is 29.0 Å². The zero-order chi connectivity index (χ0) is 11.3. The first-order valence-electron chi connectivity index (χ1n) is 4.41. The Hall–Kier alpha value is -1.33. The van der Waals surface area contributed by atoms with Gasteiger partial charge < -0.3 is 5.32 Å². The Morgan fingerprint density at radius 1 is 1.60 bits per heavy atom. The Bertz CT molecular complexity index is 367. The van der Waals surface area contributed by atoms with Crippen molar-refractivity contribution < 1.29 is 4.39 Å². The lowest BCUT2D eigenvalue weighted by molar-refractivity contribution is 0.632. The maximum absolute atomic E-state index is 13.4. The molecular weight excluding hydrogens is 219 g/mol. The summed E-state index contributed by atoms with van der Waals surface area (Å²) in [6, 6.07) is 4.64. The van der Waals surface area contributed by atoms with Gasteiger partial charge in [-0.3, -0.25) is 10.4 Å². The van der Waals surface area contributed by atoms with E-state index in [-0.39, 0.29) is 10.7 Å². The Labute approximate surface area is 92.3 Å². The van der Waals surface area contributed by atoms with Crippen LogP contribution in [0.1, 0.15) is 6.92 Å². The lowest BCUT2D eigenvalue weighted by Gasteiger charge is -2.09. The Morgan fingerprint density at radius 3 is 2.93 bits per heavy atom. The van der Waals surface area contributed by atoms with Gasteiger partial charge in [-0.05, 0) is 19.1 Å². The van der Waals surface area contributed by atoms with E-state index in [4.69, 9.17) is 17.4 Å². The van der Waals surface area contributed by atoms with Gasteiger partial charge in [0.25, 0.3) is 0 Å². The lowest BCUT2D eigenvalue weighted by Crippen LogP contribution is -2.36. The molecule has 0 bridgehead atoms.